The van der Waals surface area contributed by atoms with Gasteiger partial charge in [-0.2, -0.15) is 5.10 Å². The predicted molar refractivity (Wildman–Crippen MR) is 51.2 cm³/mol. The Balaban J connectivity index is 2.84. The van der Waals surface area contributed by atoms with Gasteiger partial charge in [0.2, 0.25) is 0 Å². The second-order valence-electron chi connectivity index (χ2n) is 3.03. The summed E-state index contributed by atoms with van der Waals surface area (Å²) in [5.41, 5.74) is 1.16. The van der Waals surface area contributed by atoms with Crippen LogP contribution in [0.25, 0.3) is 5.52 Å². The van der Waals surface area contributed by atoms with Crippen LogP contribution in [0.2, 0.25) is 0 Å². The number of rotatable bonds is 2. The first-order valence-corrected chi connectivity index (χ1v) is 4.25. The lowest BCUT2D eigenvalue weighted by Gasteiger charge is -1.98. The molecule has 2 heterocycles. The highest BCUT2D eigenvalue weighted by Gasteiger charge is 2.17. The maximum absolute atomic E-state index is 10.9. The van der Waals surface area contributed by atoms with Gasteiger partial charge in [0.1, 0.15) is 17.6 Å². The van der Waals surface area contributed by atoms with Crippen LogP contribution >= 0.6 is 0 Å². The Hall–Kier alpha value is -2.11. The largest absolute Gasteiger partial charge is 0.495 e. The van der Waals surface area contributed by atoms with Crippen molar-refractivity contribution in [3.8, 4) is 5.75 Å². The van der Waals surface area contributed by atoms with E-state index < -0.39 is 5.97 Å². The average molecular weight is 207 g/mol. The first-order valence-electron chi connectivity index (χ1n) is 4.25. The summed E-state index contributed by atoms with van der Waals surface area (Å²) < 4.78 is 6.53. The van der Waals surface area contributed by atoms with Crippen LogP contribution in [0.3, 0.4) is 0 Å². The molecule has 0 spiro atoms. The van der Waals surface area contributed by atoms with E-state index in [0.29, 0.717) is 11.3 Å². The van der Waals surface area contributed by atoms with E-state index >= 15 is 0 Å². The summed E-state index contributed by atoms with van der Waals surface area (Å²) in [6.45, 7) is 1.77. The minimum atomic E-state index is -1.08. The Morgan fingerprint density at radius 3 is 2.93 bits per heavy atom. The van der Waals surface area contributed by atoms with Crippen LogP contribution in [0, 0.1) is 6.92 Å². The zero-order chi connectivity index (χ0) is 11.0. The van der Waals surface area contributed by atoms with Gasteiger partial charge in [0.05, 0.1) is 13.3 Å². The molecule has 78 valence electrons. The number of carboxylic acids is 1. The third-order valence-corrected chi connectivity index (χ3v) is 2.20. The van der Waals surface area contributed by atoms with Crippen LogP contribution in [0.4, 0.5) is 0 Å². The van der Waals surface area contributed by atoms with E-state index in [2.05, 4.69) is 10.1 Å². The molecule has 0 aliphatic carbocycles. The summed E-state index contributed by atoms with van der Waals surface area (Å²) in [5, 5.41) is 12.9. The summed E-state index contributed by atoms with van der Waals surface area (Å²) in [6.07, 6.45) is 2.83. The average Bonchev–Trinajstić information content (AvgIpc) is 2.55. The molecular formula is C9H9N3O3. The van der Waals surface area contributed by atoms with Gasteiger partial charge in [-0.1, -0.05) is 0 Å². The van der Waals surface area contributed by atoms with Gasteiger partial charge in [0.25, 0.3) is 0 Å². The minimum absolute atomic E-state index is 0.0224. The maximum atomic E-state index is 10.9. The molecule has 0 saturated carbocycles. The predicted octanol–water partition coefficient (Wildman–Crippen LogP) is 0.745. The molecule has 0 radical (unpaired) electrons. The molecule has 0 saturated heterocycles. The SMILES string of the molecule is COc1cn2ncnc(C(=O)O)c2c1C. The van der Waals surface area contributed by atoms with E-state index in [9.17, 15) is 4.79 Å². The monoisotopic (exact) mass is 207 g/mol. The van der Waals surface area contributed by atoms with E-state index in [4.69, 9.17) is 9.84 Å². The third kappa shape index (κ3) is 1.30. The minimum Gasteiger partial charge on any atom is -0.495 e. The quantitative estimate of drug-likeness (QED) is 0.786. The van der Waals surface area contributed by atoms with E-state index in [1.165, 1.54) is 18.0 Å². The number of carboxylic acid groups (broad SMARTS) is 1. The maximum Gasteiger partial charge on any atom is 0.356 e. The van der Waals surface area contributed by atoms with E-state index in [1.54, 1.807) is 13.1 Å². The second kappa shape index (κ2) is 3.23. The lowest BCUT2D eigenvalue weighted by molar-refractivity contribution is 0.0692. The Bertz CT molecular complexity index is 533. The number of aryl methyl sites for hydroxylation is 1. The Morgan fingerprint density at radius 2 is 2.33 bits per heavy atom. The highest BCUT2D eigenvalue weighted by molar-refractivity contribution is 5.94. The summed E-state index contributed by atoms with van der Waals surface area (Å²) in [7, 11) is 1.52. The highest BCUT2D eigenvalue weighted by atomic mass is 16.5. The van der Waals surface area contributed by atoms with Crippen molar-refractivity contribution in [2.75, 3.05) is 7.11 Å². The van der Waals surface area contributed by atoms with Crippen LogP contribution in [-0.2, 0) is 0 Å². The molecule has 2 rings (SSSR count). The van der Waals surface area contributed by atoms with Crippen LogP contribution in [0.5, 0.6) is 5.75 Å². The first kappa shape index (κ1) is 9.45. The van der Waals surface area contributed by atoms with E-state index in [-0.39, 0.29) is 5.69 Å². The standard InChI is InChI=1S/C9H9N3O3/c1-5-6(15-2)3-12-8(5)7(9(13)14)10-4-11-12/h3-4H,1-2H3,(H,13,14). The normalized spacial score (nSPS) is 10.5. The van der Waals surface area contributed by atoms with Crippen LogP contribution in [0.1, 0.15) is 16.1 Å². The van der Waals surface area contributed by atoms with Crippen molar-refractivity contribution in [1.29, 1.82) is 0 Å². The zero-order valence-electron chi connectivity index (χ0n) is 8.26. The van der Waals surface area contributed by atoms with Crippen LogP contribution in [-0.4, -0.2) is 32.8 Å². The molecule has 0 amide bonds. The van der Waals surface area contributed by atoms with Crippen molar-refractivity contribution in [2.24, 2.45) is 0 Å². The third-order valence-electron chi connectivity index (χ3n) is 2.20. The number of aromatic nitrogens is 3. The van der Waals surface area contributed by atoms with Gasteiger partial charge in [0, 0.05) is 5.56 Å². The van der Waals surface area contributed by atoms with Gasteiger partial charge in [-0.15, -0.1) is 0 Å². The molecule has 2 aromatic heterocycles. The number of hydrogen-bond donors (Lipinski definition) is 1. The smallest absolute Gasteiger partial charge is 0.356 e. The number of methoxy groups -OCH3 is 1. The van der Waals surface area contributed by atoms with Crippen molar-refractivity contribution in [3.63, 3.8) is 0 Å². The molecule has 1 N–H and O–H groups in total. The molecule has 0 fully saturated rings. The molecule has 0 atom stereocenters. The summed E-state index contributed by atoms with van der Waals surface area (Å²) in [4.78, 5) is 14.6. The second-order valence-corrected chi connectivity index (χ2v) is 3.03. The molecule has 6 heteroatoms. The Kier molecular flexibility index (Phi) is 2.03. The molecule has 15 heavy (non-hydrogen) atoms. The topological polar surface area (TPSA) is 76.7 Å². The molecule has 0 unspecified atom stereocenters. The van der Waals surface area contributed by atoms with Crippen molar-refractivity contribution < 1.29 is 14.6 Å². The number of fused-ring (bicyclic) bond motifs is 1. The lowest BCUT2D eigenvalue weighted by atomic mass is 10.2. The van der Waals surface area contributed by atoms with Crippen LogP contribution < -0.4 is 4.74 Å². The van der Waals surface area contributed by atoms with Gasteiger partial charge in [-0.3, -0.25) is 0 Å². The number of nitrogens with zero attached hydrogens (tertiary/aromatic N) is 3. The summed E-state index contributed by atoms with van der Waals surface area (Å²) in [6, 6.07) is 0. The van der Waals surface area contributed by atoms with E-state index in [0.717, 1.165) is 5.56 Å². The fraction of sp³-hybridized carbons (Fsp3) is 0.222. The number of carbonyl (C=O) groups is 1. The van der Waals surface area contributed by atoms with E-state index in [1.807, 2.05) is 0 Å². The van der Waals surface area contributed by atoms with Crippen molar-refractivity contribution in [2.45, 2.75) is 6.92 Å². The van der Waals surface area contributed by atoms with Gasteiger partial charge in [0.15, 0.2) is 5.69 Å². The van der Waals surface area contributed by atoms with Gasteiger partial charge >= 0.3 is 5.97 Å². The van der Waals surface area contributed by atoms with Gasteiger partial charge in [-0.25, -0.2) is 14.3 Å². The van der Waals surface area contributed by atoms with Crippen molar-refractivity contribution in [3.05, 3.63) is 23.8 Å². The fourth-order valence-corrected chi connectivity index (χ4v) is 1.50. The molecule has 0 aliphatic heterocycles. The van der Waals surface area contributed by atoms with Crippen molar-refractivity contribution >= 4 is 11.5 Å². The number of aromatic carboxylic acids is 1. The first-order chi connectivity index (χ1) is 7.15. The molecular weight excluding hydrogens is 198 g/mol. The Labute approximate surface area is 85.1 Å². The molecule has 0 aromatic carbocycles. The van der Waals surface area contributed by atoms with Gasteiger partial charge in [-0.05, 0) is 6.92 Å². The molecule has 6 nitrogen and oxygen atoms in total. The zero-order valence-corrected chi connectivity index (χ0v) is 8.26. The lowest BCUT2D eigenvalue weighted by Crippen LogP contribution is -2.05. The van der Waals surface area contributed by atoms with Gasteiger partial charge < -0.3 is 9.84 Å². The molecule has 2 aromatic rings. The highest BCUT2D eigenvalue weighted by Crippen LogP contribution is 2.24. The van der Waals surface area contributed by atoms with Crippen LogP contribution in [0.15, 0.2) is 12.5 Å². The Morgan fingerprint density at radius 1 is 1.60 bits per heavy atom. The molecule has 0 aliphatic rings. The fourth-order valence-electron chi connectivity index (χ4n) is 1.50. The summed E-state index contributed by atoms with van der Waals surface area (Å²) in [5.74, 6) is -0.482. The molecule has 0 bridgehead atoms. The number of hydrogen-bond acceptors (Lipinski definition) is 4. The summed E-state index contributed by atoms with van der Waals surface area (Å²) >= 11 is 0. The van der Waals surface area contributed by atoms with Crippen molar-refractivity contribution in [1.82, 2.24) is 14.6 Å². The number of ether oxygens (including phenoxy) is 1.